The van der Waals surface area contributed by atoms with E-state index in [0.29, 0.717) is 39.8 Å². The first kappa shape index (κ1) is 18.3. The molecule has 0 fully saturated rings. The van der Waals surface area contributed by atoms with Crippen LogP contribution in [0.4, 0.5) is 4.39 Å². The van der Waals surface area contributed by atoms with Crippen molar-refractivity contribution in [1.82, 2.24) is 19.9 Å². The lowest BCUT2D eigenvalue weighted by molar-refractivity contribution is -0.0172. The van der Waals surface area contributed by atoms with Crippen LogP contribution in [0, 0.1) is 5.82 Å². The van der Waals surface area contributed by atoms with Gasteiger partial charge >= 0.3 is 0 Å². The number of ether oxygens (including phenoxy) is 2. The van der Waals surface area contributed by atoms with E-state index < -0.39 is 0 Å². The maximum absolute atomic E-state index is 13.9. The highest BCUT2D eigenvalue weighted by Crippen LogP contribution is 2.29. The third-order valence-electron chi connectivity index (χ3n) is 5.05. The summed E-state index contributed by atoms with van der Waals surface area (Å²) in [5.74, 6) is -0.162. The number of aromatic amines is 1. The molecule has 0 saturated heterocycles. The zero-order valence-corrected chi connectivity index (χ0v) is 15.8. The predicted octanol–water partition coefficient (Wildman–Crippen LogP) is 2.15. The first-order chi connectivity index (χ1) is 14.6. The number of nitrogens with zero attached hydrogens (tertiary/aromatic N) is 2. The summed E-state index contributed by atoms with van der Waals surface area (Å²) >= 11 is 0. The van der Waals surface area contributed by atoms with Crippen LogP contribution in [0.25, 0.3) is 16.6 Å². The van der Waals surface area contributed by atoms with Gasteiger partial charge in [-0.3, -0.25) is 9.59 Å². The van der Waals surface area contributed by atoms with Gasteiger partial charge in [-0.1, -0.05) is 12.1 Å². The molecule has 3 heterocycles. The molecule has 5 rings (SSSR count). The quantitative estimate of drug-likeness (QED) is 0.539. The van der Waals surface area contributed by atoms with E-state index in [9.17, 15) is 14.0 Å². The van der Waals surface area contributed by atoms with Crippen LogP contribution < -0.4 is 15.6 Å². The lowest BCUT2D eigenvalue weighted by Gasteiger charge is -2.20. The minimum Gasteiger partial charge on any atom is -0.467 e. The summed E-state index contributed by atoms with van der Waals surface area (Å²) in [7, 11) is 0. The zero-order chi connectivity index (χ0) is 20.7. The predicted molar refractivity (Wildman–Crippen MR) is 106 cm³/mol. The largest absolute Gasteiger partial charge is 0.467 e. The number of hydrogen-bond acceptors (Lipinski definition) is 5. The molecule has 1 aliphatic heterocycles. The molecule has 0 saturated carbocycles. The molecule has 0 atom stereocenters. The Kier molecular flexibility index (Phi) is 4.44. The molecule has 9 heteroatoms. The van der Waals surface area contributed by atoms with E-state index in [1.165, 1.54) is 22.8 Å². The molecule has 0 aliphatic carbocycles. The van der Waals surface area contributed by atoms with Crippen LogP contribution in [0.3, 0.4) is 0 Å². The van der Waals surface area contributed by atoms with Crippen molar-refractivity contribution in [2.24, 2.45) is 0 Å². The van der Waals surface area contributed by atoms with Gasteiger partial charge in [-0.05, 0) is 36.2 Å². The number of aromatic nitrogens is 3. The Morgan fingerprint density at radius 2 is 2.17 bits per heavy atom. The third kappa shape index (κ3) is 3.09. The Hall–Kier alpha value is -3.72. The molecule has 1 aliphatic rings. The van der Waals surface area contributed by atoms with E-state index >= 15 is 0 Å². The summed E-state index contributed by atoms with van der Waals surface area (Å²) in [5.41, 5.74) is 2.20. The van der Waals surface area contributed by atoms with E-state index in [1.54, 1.807) is 24.3 Å². The highest BCUT2D eigenvalue weighted by molar-refractivity contribution is 6.00. The molecule has 30 heavy (non-hydrogen) atoms. The van der Waals surface area contributed by atoms with Crippen molar-refractivity contribution in [1.29, 1.82) is 0 Å². The molecule has 2 aromatic carbocycles. The average Bonchev–Trinajstić information content (AvgIpc) is 3.18. The normalized spacial score (nSPS) is 13.2. The molecule has 1 amide bonds. The number of nitrogens with one attached hydrogen (secondary N) is 2. The molecular weight excluding hydrogens is 391 g/mol. The smallest absolute Gasteiger partial charge is 0.259 e. The van der Waals surface area contributed by atoms with Crippen LogP contribution >= 0.6 is 0 Å². The summed E-state index contributed by atoms with van der Waals surface area (Å²) in [4.78, 5) is 27.8. The Balaban J connectivity index is 1.38. The number of hydrogen-bond donors (Lipinski definition) is 2. The van der Waals surface area contributed by atoms with Crippen molar-refractivity contribution >= 4 is 22.5 Å². The van der Waals surface area contributed by atoms with Crippen LogP contribution in [-0.4, -0.2) is 33.8 Å². The first-order valence-electron chi connectivity index (χ1n) is 9.40. The number of carbonyl (C=O) groups excluding carboxylic acids is 1. The monoisotopic (exact) mass is 408 g/mol. The topological polar surface area (TPSA) is 97.7 Å². The van der Waals surface area contributed by atoms with Crippen molar-refractivity contribution in [2.75, 3.05) is 13.3 Å². The summed E-state index contributed by atoms with van der Waals surface area (Å²) < 4.78 is 26.1. The van der Waals surface area contributed by atoms with Crippen molar-refractivity contribution in [3.8, 4) is 5.75 Å². The molecular formula is C21H17FN4O4. The fourth-order valence-corrected chi connectivity index (χ4v) is 3.69. The van der Waals surface area contributed by atoms with Crippen molar-refractivity contribution < 1.29 is 18.7 Å². The fourth-order valence-electron chi connectivity index (χ4n) is 3.69. The van der Waals surface area contributed by atoms with Crippen LogP contribution in [-0.2, 0) is 17.8 Å². The van der Waals surface area contributed by atoms with Gasteiger partial charge in [0.2, 0.25) is 0 Å². The summed E-state index contributed by atoms with van der Waals surface area (Å²) in [5, 5.41) is 7.53. The number of rotatable bonds is 4. The first-order valence-corrected chi connectivity index (χ1v) is 9.40. The molecule has 0 bridgehead atoms. The maximum Gasteiger partial charge on any atom is 0.259 e. The molecule has 2 aromatic heterocycles. The Morgan fingerprint density at radius 1 is 1.30 bits per heavy atom. The molecule has 0 unspecified atom stereocenters. The Morgan fingerprint density at radius 3 is 3.07 bits per heavy atom. The highest BCUT2D eigenvalue weighted by Gasteiger charge is 2.19. The molecule has 0 radical (unpaired) electrons. The summed E-state index contributed by atoms with van der Waals surface area (Å²) in [6.45, 7) is 0.659. The van der Waals surface area contributed by atoms with E-state index in [0.717, 1.165) is 0 Å². The Bertz CT molecular complexity index is 1340. The van der Waals surface area contributed by atoms with Crippen molar-refractivity contribution in [3.63, 3.8) is 0 Å². The van der Waals surface area contributed by atoms with Gasteiger partial charge in [-0.2, -0.15) is 5.10 Å². The van der Waals surface area contributed by atoms with Crippen LogP contribution in [0.2, 0.25) is 0 Å². The second kappa shape index (κ2) is 7.27. The zero-order valence-electron chi connectivity index (χ0n) is 15.8. The lowest BCUT2D eigenvalue weighted by atomic mass is 10.1. The minimum absolute atomic E-state index is 0.113. The SMILES string of the molecule is O=C(NCCc1cc(F)cc2c1OCOC2)c1cnn2c1[nH]c(=O)c1ccccc12. The van der Waals surface area contributed by atoms with E-state index in [4.69, 9.17) is 9.47 Å². The maximum atomic E-state index is 13.9. The number of carbonyl (C=O) groups is 1. The van der Waals surface area contributed by atoms with E-state index in [2.05, 4.69) is 15.4 Å². The van der Waals surface area contributed by atoms with E-state index in [1.807, 2.05) is 0 Å². The van der Waals surface area contributed by atoms with Crippen LogP contribution in [0.15, 0.2) is 47.4 Å². The second-order valence-corrected chi connectivity index (χ2v) is 6.96. The molecule has 4 aromatic rings. The summed E-state index contributed by atoms with van der Waals surface area (Å²) in [6, 6.07) is 9.81. The highest BCUT2D eigenvalue weighted by atomic mass is 19.1. The van der Waals surface area contributed by atoms with Gasteiger partial charge in [0.1, 0.15) is 22.8 Å². The molecule has 152 valence electrons. The number of H-pyrrole nitrogens is 1. The van der Waals surface area contributed by atoms with Gasteiger partial charge in [-0.25, -0.2) is 8.91 Å². The average molecular weight is 408 g/mol. The number of amides is 1. The van der Waals surface area contributed by atoms with Crippen molar-refractivity contribution in [2.45, 2.75) is 13.0 Å². The molecule has 0 spiro atoms. The number of fused-ring (bicyclic) bond motifs is 4. The van der Waals surface area contributed by atoms with Crippen LogP contribution in [0.1, 0.15) is 21.5 Å². The van der Waals surface area contributed by atoms with Gasteiger partial charge in [0.15, 0.2) is 6.79 Å². The van der Waals surface area contributed by atoms with Crippen LogP contribution in [0.5, 0.6) is 5.75 Å². The van der Waals surface area contributed by atoms with Gasteiger partial charge in [0.25, 0.3) is 11.5 Å². The van der Waals surface area contributed by atoms with Gasteiger partial charge in [-0.15, -0.1) is 0 Å². The number of benzene rings is 2. The lowest BCUT2D eigenvalue weighted by Crippen LogP contribution is -2.26. The number of para-hydroxylation sites is 1. The number of halogens is 1. The third-order valence-corrected chi connectivity index (χ3v) is 5.05. The fraction of sp³-hybridized carbons (Fsp3) is 0.190. The van der Waals surface area contributed by atoms with Crippen molar-refractivity contribution in [3.05, 3.63) is 75.5 Å². The molecule has 8 nitrogen and oxygen atoms in total. The molecule has 2 N–H and O–H groups in total. The van der Waals surface area contributed by atoms with Gasteiger partial charge < -0.3 is 19.8 Å². The van der Waals surface area contributed by atoms with Gasteiger partial charge in [0, 0.05) is 12.1 Å². The standard InChI is InChI=1S/C21H17FN4O4/c22-14-7-12(18-13(8-14)10-29-11-30-18)5-6-23-20(27)16-9-24-26-17-4-2-1-3-15(17)21(28)25-19(16)26/h1-4,7-9H,5-6,10-11H2,(H,23,27)(H,25,28). The summed E-state index contributed by atoms with van der Waals surface area (Å²) in [6.07, 6.45) is 1.79. The van der Waals surface area contributed by atoms with Gasteiger partial charge in [0.05, 0.1) is 23.7 Å². The Labute approximate surface area is 169 Å². The minimum atomic E-state index is -0.384. The van der Waals surface area contributed by atoms with E-state index in [-0.39, 0.29) is 42.8 Å². The second-order valence-electron chi connectivity index (χ2n) is 6.96.